The summed E-state index contributed by atoms with van der Waals surface area (Å²) < 4.78 is 6.23. The van der Waals surface area contributed by atoms with E-state index in [1.54, 1.807) is 4.90 Å². The molecule has 2 heterocycles. The van der Waals surface area contributed by atoms with Gasteiger partial charge < -0.3 is 14.5 Å². The third-order valence-electron chi connectivity index (χ3n) is 3.46. The fourth-order valence-corrected chi connectivity index (χ4v) is 2.80. The van der Waals surface area contributed by atoms with Crippen LogP contribution in [-0.2, 0) is 11.2 Å². The van der Waals surface area contributed by atoms with Gasteiger partial charge in [0.2, 0.25) is 0 Å². The number of rotatable bonds is 3. The summed E-state index contributed by atoms with van der Waals surface area (Å²) in [6.07, 6.45) is 1.64. The Kier molecular flexibility index (Phi) is 5.84. The van der Waals surface area contributed by atoms with Crippen molar-refractivity contribution in [2.45, 2.75) is 46.1 Å². The van der Waals surface area contributed by atoms with Gasteiger partial charge in [-0.3, -0.25) is 0 Å². The van der Waals surface area contributed by atoms with Crippen molar-refractivity contribution >= 4 is 27.8 Å². The Hall–Kier alpha value is -1.37. The maximum absolute atomic E-state index is 12.1. The molecule has 2 rings (SSSR count). The van der Waals surface area contributed by atoms with Crippen LogP contribution in [-0.4, -0.2) is 52.7 Å². The molecule has 1 aliphatic heterocycles. The predicted octanol–water partition coefficient (Wildman–Crippen LogP) is 3.25. The van der Waals surface area contributed by atoms with Gasteiger partial charge in [0, 0.05) is 38.7 Å². The van der Waals surface area contributed by atoms with Crippen LogP contribution in [0.2, 0.25) is 0 Å². The van der Waals surface area contributed by atoms with Crippen LogP contribution in [0.3, 0.4) is 0 Å². The lowest BCUT2D eigenvalue weighted by Crippen LogP contribution is -2.50. The number of piperazine rings is 1. The first kappa shape index (κ1) is 18.0. The lowest BCUT2D eigenvalue weighted by atomic mass is 10.2. The molecule has 1 aliphatic rings. The van der Waals surface area contributed by atoms with Crippen LogP contribution < -0.4 is 4.90 Å². The number of anilines is 1. The fourth-order valence-electron chi connectivity index (χ4n) is 2.39. The van der Waals surface area contributed by atoms with Crippen molar-refractivity contribution in [3.05, 3.63) is 16.5 Å². The molecule has 0 aliphatic carbocycles. The monoisotopic (exact) mass is 384 g/mol. The maximum atomic E-state index is 12.1. The molecule has 1 saturated heterocycles. The Morgan fingerprint density at radius 1 is 1.26 bits per heavy atom. The molecule has 0 saturated carbocycles. The molecule has 0 spiro atoms. The Balaban J connectivity index is 1.98. The number of ether oxygens (including phenoxy) is 1. The second kappa shape index (κ2) is 7.47. The van der Waals surface area contributed by atoms with Crippen molar-refractivity contribution in [2.24, 2.45) is 0 Å². The molecule has 0 atom stereocenters. The summed E-state index contributed by atoms with van der Waals surface area (Å²) in [7, 11) is 0. The quantitative estimate of drug-likeness (QED) is 0.748. The molecular formula is C16H25BrN4O2. The average Bonchev–Trinajstić information content (AvgIpc) is 2.45. The molecule has 23 heavy (non-hydrogen) atoms. The molecule has 7 heteroatoms. The van der Waals surface area contributed by atoms with E-state index in [2.05, 4.69) is 37.7 Å². The van der Waals surface area contributed by atoms with E-state index in [4.69, 9.17) is 4.74 Å². The van der Waals surface area contributed by atoms with Gasteiger partial charge in [0.05, 0.1) is 0 Å². The van der Waals surface area contributed by atoms with Gasteiger partial charge >= 0.3 is 6.09 Å². The summed E-state index contributed by atoms with van der Waals surface area (Å²) >= 11 is 3.46. The number of carbonyl (C=O) groups is 1. The van der Waals surface area contributed by atoms with E-state index in [1.807, 2.05) is 26.8 Å². The average molecular weight is 385 g/mol. The van der Waals surface area contributed by atoms with E-state index in [-0.39, 0.29) is 6.09 Å². The van der Waals surface area contributed by atoms with Gasteiger partial charge in [0.15, 0.2) is 0 Å². The molecule has 0 bridgehead atoms. The summed E-state index contributed by atoms with van der Waals surface area (Å²) in [5.74, 6) is 1.77. The smallest absolute Gasteiger partial charge is 0.410 e. The van der Waals surface area contributed by atoms with Crippen LogP contribution in [0.25, 0.3) is 0 Å². The predicted molar refractivity (Wildman–Crippen MR) is 93.7 cm³/mol. The zero-order valence-electron chi connectivity index (χ0n) is 14.3. The van der Waals surface area contributed by atoms with Crippen LogP contribution in [0.15, 0.2) is 10.7 Å². The third kappa shape index (κ3) is 5.34. The molecule has 128 valence electrons. The van der Waals surface area contributed by atoms with Gasteiger partial charge in [-0.15, -0.1) is 0 Å². The number of nitrogens with zero attached hydrogens (tertiary/aromatic N) is 4. The van der Waals surface area contributed by atoms with E-state index in [0.717, 1.165) is 42.2 Å². The molecule has 1 amide bonds. The van der Waals surface area contributed by atoms with Crippen LogP contribution in [0.1, 0.15) is 39.9 Å². The Morgan fingerprint density at radius 2 is 1.91 bits per heavy atom. The second-order valence-electron chi connectivity index (χ2n) is 6.67. The van der Waals surface area contributed by atoms with Gasteiger partial charge in [-0.05, 0) is 43.1 Å². The van der Waals surface area contributed by atoms with Crippen molar-refractivity contribution in [2.75, 3.05) is 31.1 Å². The summed E-state index contributed by atoms with van der Waals surface area (Å²) in [5.41, 5.74) is -0.458. The SMILES string of the molecule is CCCc1nc(Br)cc(N2CCN(C(=O)OC(C)(C)C)CC2)n1. The molecular weight excluding hydrogens is 360 g/mol. The number of halogens is 1. The second-order valence-corrected chi connectivity index (χ2v) is 7.48. The normalized spacial score (nSPS) is 15.7. The molecule has 0 unspecified atom stereocenters. The van der Waals surface area contributed by atoms with Gasteiger partial charge in [-0.2, -0.15) is 0 Å². The van der Waals surface area contributed by atoms with Crippen molar-refractivity contribution in [3.8, 4) is 0 Å². The first-order valence-corrected chi connectivity index (χ1v) is 8.84. The van der Waals surface area contributed by atoms with E-state index in [0.29, 0.717) is 13.1 Å². The van der Waals surface area contributed by atoms with Crippen molar-refractivity contribution < 1.29 is 9.53 Å². The van der Waals surface area contributed by atoms with Gasteiger partial charge in [-0.1, -0.05) is 6.92 Å². The standard InChI is InChI=1S/C16H25BrN4O2/c1-5-6-13-18-12(17)11-14(19-13)20-7-9-21(10-8-20)15(22)23-16(2,3)4/h11H,5-10H2,1-4H3. The lowest BCUT2D eigenvalue weighted by Gasteiger charge is -2.36. The molecule has 0 N–H and O–H groups in total. The van der Waals surface area contributed by atoms with Gasteiger partial charge in [-0.25, -0.2) is 14.8 Å². The van der Waals surface area contributed by atoms with E-state index in [1.165, 1.54) is 0 Å². The molecule has 1 aromatic rings. The summed E-state index contributed by atoms with van der Waals surface area (Å²) in [6, 6.07) is 1.93. The van der Waals surface area contributed by atoms with Crippen molar-refractivity contribution in [1.29, 1.82) is 0 Å². The van der Waals surface area contributed by atoms with E-state index >= 15 is 0 Å². The molecule has 1 fully saturated rings. The molecule has 6 nitrogen and oxygen atoms in total. The van der Waals surface area contributed by atoms with Gasteiger partial charge in [0.1, 0.15) is 21.8 Å². The summed E-state index contributed by atoms with van der Waals surface area (Å²) in [4.78, 5) is 25.1. The highest BCUT2D eigenvalue weighted by molar-refractivity contribution is 9.10. The van der Waals surface area contributed by atoms with Crippen LogP contribution in [0, 0.1) is 0 Å². The minimum atomic E-state index is -0.458. The summed E-state index contributed by atoms with van der Waals surface area (Å²) in [5, 5.41) is 0. The molecule has 0 aromatic carbocycles. The first-order chi connectivity index (χ1) is 10.8. The van der Waals surface area contributed by atoms with Crippen molar-refractivity contribution in [1.82, 2.24) is 14.9 Å². The number of hydrogen-bond acceptors (Lipinski definition) is 5. The number of hydrogen-bond donors (Lipinski definition) is 0. The summed E-state index contributed by atoms with van der Waals surface area (Å²) in [6.45, 7) is 10.5. The number of amides is 1. The zero-order valence-corrected chi connectivity index (χ0v) is 15.9. The van der Waals surface area contributed by atoms with E-state index in [9.17, 15) is 4.79 Å². The first-order valence-electron chi connectivity index (χ1n) is 8.05. The zero-order chi connectivity index (χ0) is 17.0. The van der Waals surface area contributed by atoms with Crippen LogP contribution in [0.5, 0.6) is 0 Å². The number of aryl methyl sites for hydroxylation is 1. The third-order valence-corrected chi connectivity index (χ3v) is 3.86. The van der Waals surface area contributed by atoms with Crippen molar-refractivity contribution in [3.63, 3.8) is 0 Å². The highest BCUT2D eigenvalue weighted by Gasteiger charge is 2.26. The Labute approximate surface area is 146 Å². The Bertz CT molecular complexity index is 552. The van der Waals surface area contributed by atoms with Crippen LogP contribution in [0.4, 0.5) is 10.6 Å². The van der Waals surface area contributed by atoms with Crippen LogP contribution >= 0.6 is 15.9 Å². The van der Waals surface area contributed by atoms with Gasteiger partial charge in [0.25, 0.3) is 0 Å². The highest BCUT2D eigenvalue weighted by atomic mass is 79.9. The lowest BCUT2D eigenvalue weighted by molar-refractivity contribution is 0.0240. The highest BCUT2D eigenvalue weighted by Crippen LogP contribution is 2.20. The number of carbonyl (C=O) groups excluding carboxylic acids is 1. The minimum Gasteiger partial charge on any atom is -0.444 e. The fraction of sp³-hybridized carbons (Fsp3) is 0.688. The van der Waals surface area contributed by atoms with E-state index < -0.39 is 5.60 Å². The largest absolute Gasteiger partial charge is 0.444 e. The topological polar surface area (TPSA) is 58.6 Å². The minimum absolute atomic E-state index is 0.243. The molecule has 1 aromatic heterocycles. The Morgan fingerprint density at radius 3 is 2.48 bits per heavy atom. The maximum Gasteiger partial charge on any atom is 0.410 e. The number of aromatic nitrogens is 2. The molecule has 0 radical (unpaired) electrons.